The Kier molecular flexibility index (Phi) is 3.40. The molecule has 0 amide bonds. The van der Waals surface area contributed by atoms with E-state index in [-0.39, 0.29) is 0 Å². The van der Waals surface area contributed by atoms with Crippen LogP contribution in [0.3, 0.4) is 0 Å². The zero-order valence-electron chi connectivity index (χ0n) is 6.56. The normalized spacial score (nSPS) is 23.0. The molecule has 0 N–H and O–H groups in total. The van der Waals surface area contributed by atoms with Crippen molar-refractivity contribution in [3.63, 3.8) is 0 Å². The fraction of sp³-hybridized carbons (Fsp3) is 1.00. The summed E-state index contributed by atoms with van der Waals surface area (Å²) < 4.78 is 1.24. The van der Waals surface area contributed by atoms with E-state index in [1.165, 1.54) is 23.1 Å². The molecule has 0 unspecified atom stereocenters. The Morgan fingerprint density at radius 2 is 1.56 bits per heavy atom. The molecular weight excluding hydrogens is 218 g/mol. The Hall–Kier alpha value is 0.818. The van der Waals surface area contributed by atoms with E-state index < -0.39 is 20.2 Å². The van der Waals surface area contributed by atoms with Gasteiger partial charge >= 0.3 is 65.9 Å². The average Bonchev–Trinajstić information content (AvgIpc) is 1.90. The monoisotopic (exact) mass is 234 g/mol. The van der Waals surface area contributed by atoms with Crippen molar-refractivity contribution in [2.75, 3.05) is 0 Å². The summed E-state index contributed by atoms with van der Waals surface area (Å²) in [5.41, 5.74) is 0. The third kappa shape index (κ3) is 2.49. The van der Waals surface area contributed by atoms with Crippen LogP contribution in [-0.2, 0) is 0 Å². The summed E-state index contributed by atoms with van der Waals surface area (Å²) in [5.74, 6) is 0. The van der Waals surface area contributed by atoms with Crippen LogP contribution in [-0.4, -0.2) is 20.2 Å². The Morgan fingerprint density at radius 3 is 1.89 bits per heavy atom. The maximum atomic E-state index is 2.54. The van der Waals surface area contributed by atoms with Crippen molar-refractivity contribution in [2.45, 2.75) is 45.7 Å². The third-order valence-corrected chi connectivity index (χ3v) is 7.95. The summed E-state index contributed by atoms with van der Waals surface area (Å²) in [6.45, 7) is 0. The minimum absolute atomic E-state index is 0.632. The van der Waals surface area contributed by atoms with E-state index >= 15 is 0 Å². The molecule has 1 heteroatoms. The molecule has 1 saturated carbocycles. The average molecular weight is 235 g/mol. The van der Waals surface area contributed by atoms with Gasteiger partial charge in [-0.1, -0.05) is 0 Å². The molecular formula is C8H17Sb. The number of rotatable bonds is 1. The number of hydrogen-bond donors (Lipinski definition) is 0. The van der Waals surface area contributed by atoms with E-state index in [0.717, 1.165) is 0 Å². The van der Waals surface area contributed by atoms with Crippen molar-refractivity contribution >= 4 is 20.2 Å². The van der Waals surface area contributed by atoms with Crippen molar-refractivity contribution < 1.29 is 0 Å². The molecule has 1 aliphatic rings. The van der Waals surface area contributed by atoms with Crippen LogP contribution < -0.4 is 0 Å². The number of hydrogen-bond acceptors (Lipinski definition) is 0. The van der Waals surface area contributed by atoms with Crippen LogP contribution in [0.2, 0.25) is 13.6 Å². The summed E-state index contributed by atoms with van der Waals surface area (Å²) in [4.78, 5) is 5.08. The van der Waals surface area contributed by atoms with E-state index in [2.05, 4.69) is 9.74 Å². The molecule has 54 valence electrons. The maximum absolute atomic E-state index is 2.54. The van der Waals surface area contributed by atoms with Crippen LogP contribution in [0.5, 0.6) is 0 Å². The molecule has 0 bridgehead atoms. The van der Waals surface area contributed by atoms with Gasteiger partial charge in [0.05, 0.1) is 0 Å². The van der Waals surface area contributed by atoms with Gasteiger partial charge in [0.2, 0.25) is 0 Å². The molecule has 0 radical (unpaired) electrons. The molecule has 1 rings (SSSR count). The van der Waals surface area contributed by atoms with E-state index in [4.69, 9.17) is 0 Å². The van der Waals surface area contributed by atoms with Gasteiger partial charge in [0.25, 0.3) is 0 Å². The van der Waals surface area contributed by atoms with Crippen LogP contribution in [0.1, 0.15) is 32.1 Å². The van der Waals surface area contributed by atoms with Crippen molar-refractivity contribution in [3.8, 4) is 0 Å². The SMILES string of the molecule is [CH3][Sb]([CH3])[CH]1CCCCC1. The molecule has 0 spiro atoms. The summed E-state index contributed by atoms with van der Waals surface area (Å²) in [5, 5.41) is 0. The summed E-state index contributed by atoms with van der Waals surface area (Å²) >= 11 is -0.632. The molecule has 0 saturated heterocycles. The van der Waals surface area contributed by atoms with Crippen molar-refractivity contribution in [2.24, 2.45) is 0 Å². The summed E-state index contributed by atoms with van der Waals surface area (Å²) in [6, 6.07) is 0. The van der Waals surface area contributed by atoms with Crippen LogP contribution >= 0.6 is 0 Å². The van der Waals surface area contributed by atoms with Crippen LogP contribution in [0.15, 0.2) is 0 Å². The fourth-order valence-electron chi connectivity index (χ4n) is 1.60. The second kappa shape index (κ2) is 3.86. The van der Waals surface area contributed by atoms with Crippen LogP contribution in [0, 0.1) is 0 Å². The molecule has 0 nitrogen and oxygen atoms in total. The zero-order chi connectivity index (χ0) is 6.69. The van der Waals surface area contributed by atoms with Gasteiger partial charge in [0.1, 0.15) is 0 Å². The van der Waals surface area contributed by atoms with Crippen molar-refractivity contribution in [1.82, 2.24) is 0 Å². The molecule has 0 aromatic rings. The second-order valence-corrected chi connectivity index (χ2v) is 10.8. The molecule has 9 heavy (non-hydrogen) atoms. The quantitative estimate of drug-likeness (QED) is 0.612. The first-order chi connectivity index (χ1) is 4.30. The van der Waals surface area contributed by atoms with Gasteiger partial charge in [0, 0.05) is 0 Å². The predicted molar refractivity (Wildman–Crippen MR) is 44.3 cm³/mol. The molecule has 0 aromatic heterocycles. The Labute approximate surface area is 66.0 Å². The molecule has 0 aliphatic heterocycles. The Bertz CT molecular complexity index is 72.6. The van der Waals surface area contributed by atoms with Crippen molar-refractivity contribution in [1.29, 1.82) is 0 Å². The van der Waals surface area contributed by atoms with Gasteiger partial charge in [0.15, 0.2) is 0 Å². The van der Waals surface area contributed by atoms with E-state index in [1.54, 1.807) is 12.8 Å². The third-order valence-electron chi connectivity index (χ3n) is 2.30. The second-order valence-electron chi connectivity index (χ2n) is 3.26. The molecule has 0 heterocycles. The Morgan fingerprint density at radius 1 is 1.00 bits per heavy atom. The molecule has 0 atom stereocenters. The van der Waals surface area contributed by atoms with E-state index in [9.17, 15) is 0 Å². The first kappa shape index (κ1) is 7.92. The molecule has 1 fully saturated rings. The van der Waals surface area contributed by atoms with E-state index in [0.29, 0.717) is 0 Å². The molecule has 1 aliphatic carbocycles. The zero-order valence-corrected chi connectivity index (χ0v) is 9.11. The minimum atomic E-state index is -0.632. The first-order valence-electron chi connectivity index (χ1n) is 3.97. The molecule has 0 aromatic carbocycles. The van der Waals surface area contributed by atoms with Crippen LogP contribution in [0.25, 0.3) is 0 Å². The Balaban J connectivity index is 2.23. The van der Waals surface area contributed by atoms with Crippen LogP contribution in [0.4, 0.5) is 0 Å². The standard InChI is InChI=1S/C6H11.2CH3.Sb/c1-2-4-6-5-3-1;;;/h1H,2-6H2;2*1H3;. The summed E-state index contributed by atoms with van der Waals surface area (Å²) in [7, 11) is 0. The van der Waals surface area contributed by atoms with Gasteiger partial charge in [-0.25, -0.2) is 0 Å². The van der Waals surface area contributed by atoms with E-state index in [1.807, 2.05) is 0 Å². The summed E-state index contributed by atoms with van der Waals surface area (Å²) in [6.07, 6.45) is 7.75. The van der Waals surface area contributed by atoms with Gasteiger partial charge in [-0.2, -0.15) is 0 Å². The van der Waals surface area contributed by atoms with Gasteiger partial charge < -0.3 is 0 Å². The fourth-order valence-corrected chi connectivity index (χ4v) is 5.59. The van der Waals surface area contributed by atoms with Crippen molar-refractivity contribution in [3.05, 3.63) is 0 Å². The predicted octanol–water partition coefficient (Wildman–Crippen LogP) is 3.08. The topological polar surface area (TPSA) is 0 Å². The van der Waals surface area contributed by atoms with Gasteiger partial charge in [-0.05, 0) is 0 Å². The van der Waals surface area contributed by atoms with Gasteiger partial charge in [-0.15, -0.1) is 0 Å². The van der Waals surface area contributed by atoms with Gasteiger partial charge in [-0.3, -0.25) is 0 Å². The first-order valence-corrected chi connectivity index (χ1v) is 10.5.